The zero-order chi connectivity index (χ0) is 14.1. The highest BCUT2D eigenvalue weighted by molar-refractivity contribution is 5.93. The average molecular weight is 276 g/mol. The van der Waals surface area contributed by atoms with Crippen LogP contribution in [-0.4, -0.2) is 35.2 Å². The maximum absolute atomic E-state index is 11.4. The van der Waals surface area contributed by atoms with Crippen LogP contribution in [0.1, 0.15) is 35.7 Å². The molecule has 2 aliphatic rings. The lowest BCUT2D eigenvalue weighted by atomic mass is 10.1. The molecule has 20 heavy (non-hydrogen) atoms. The Morgan fingerprint density at radius 3 is 3.00 bits per heavy atom. The van der Waals surface area contributed by atoms with Crippen molar-refractivity contribution in [1.82, 2.24) is 10.4 Å². The van der Waals surface area contributed by atoms with Crippen molar-refractivity contribution in [2.24, 2.45) is 5.92 Å². The standard InChI is InChI=1S/C15H20N2O3/c1-10-9-20-14-6-12(15(18)16-19)4-5-13(14)8-17(10)7-11-2-3-11/h4-6,10-11,19H,2-3,7-9H2,1H3,(H,16,18)/t10-/m0/s1. The summed E-state index contributed by atoms with van der Waals surface area (Å²) < 4.78 is 5.82. The number of hydrogen-bond donors (Lipinski definition) is 2. The molecule has 3 rings (SSSR count). The largest absolute Gasteiger partial charge is 0.492 e. The summed E-state index contributed by atoms with van der Waals surface area (Å²) in [7, 11) is 0. The normalized spacial score (nSPS) is 22.6. The van der Waals surface area contributed by atoms with Crippen molar-refractivity contribution in [2.75, 3.05) is 13.2 Å². The third-order valence-corrected chi connectivity index (χ3v) is 4.10. The van der Waals surface area contributed by atoms with Gasteiger partial charge in [-0.25, -0.2) is 5.48 Å². The molecule has 1 aromatic rings. The van der Waals surface area contributed by atoms with E-state index < -0.39 is 5.91 Å². The molecule has 0 radical (unpaired) electrons. The first-order valence-corrected chi connectivity index (χ1v) is 7.11. The van der Waals surface area contributed by atoms with E-state index >= 15 is 0 Å². The summed E-state index contributed by atoms with van der Waals surface area (Å²) in [5.74, 6) is 1.08. The number of fused-ring (bicyclic) bond motifs is 1. The number of carbonyl (C=O) groups excluding carboxylic acids is 1. The van der Waals surface area contributed by atoms with Crippen LogP contribution in [0.4, 0.5) is 0 Å². The number of rotatable bonds is 3. The molecule has 1 aromatic carbocycles. The topological polar surface area (TPSA) is 61.8 Å². The molecule has 0 spiro atoms. The number of hydrogen-bond acceptors (Lipinski definition) is 4. The minimum atomic E-state index is -0.511. The minimum absolute atomic E-state index is 0.373. The van der Waals surface area contributed by atoms with Gasteiger partial charge < -0.3 is 4.74 Å². The van der Waals surface area contributed by atoms with Gasteiger partial charge in [0, 0.05) is 30.3 Å². The summed E-state index contributed by atoms with van der Waals surface area (Å²) in [5.41, 5.74) is 3.16. The van der Waals surface area contributed by atoms with Crippen LogP contribution in [0.5, 0.6) is 5.75 Å². The minimum Gasteiger partial charge on any atom is -0.492 e. The zero-order valence-electron chi connectivity index (χ0n) is 11.6. The van der Waals surface area contributed by atoms with Crippen LogP contribution in [0.2, 0.25) is 0 Å². The summed E-state index contributed by atoms with van der Waals surface area (Å²) in [4.78, 5) is 13.9. The van der Waals surface area contributed by atoms with Gasteiger partial charge in [-0.3, -0.25) is 14.9 Å². The predicted octanol–water partition coefficient (Wildman–Crippen LogP) is 1.80. The first-order valence-electron chi connectivity index (χ1n) is 7.11. The molecular formula is C15H20N2O3. The number of nitrogens with one attached hydrogen (secondary N) is 1. The van der Waals surface area contributed by atoms with Crippen LogP contribution < -0.4 is 10.2 Å². The monoisotopic (exact) mass is 276 g/mol. The molecule has 5 nitrogen and oxygen atoms in total. The Hall–Kier alpha value is -1.59. The van der Waals surface area contributed by atoms with Crippen molar-refractivity contribution >= 4 is 5.91 Å². The third-order valence-electron chi connectivity index (χ3n) is 4.10. The van der Waals surface area contributed by atoms with E-state index in [2.05, 4.69) is 11.8 Å². The molecule has 5 heteroatoms. The van der Waals surface area contributed by atoms with Gasteiger partial charge in [0.05, 0.1) is 0 Å². The van der Waals surface area contributed by atoms with Crippen molar-refractivity contribution in [3.05, 3.63) is 29.3 Å². The molecule has 2 N–H and O–H groups in total. The van der Waals surface area contributed by atoms with Crippen molar-refractivity contribution in [2.45, 2.75) is 32.4 Å². The Bertz CT molecular complexity index is 514. The maximum atomic E-state index is 11.4. The third kappa shape index (κ3) is 2.78. The fourth-order valence-electron chi connectivity index (χ4n) is 2.59. The first kappa shape index (κ1) is 13.4. The molecule has 1 amide bonds. The van der Waals surface area contributed by atoms with Crippen LogP contribution in [0.15, 0.2) is 18.2 Å². The van der Waals surface area contributed by atoms with Crippen LogP contribution >= 0.6 is 0 Å². The fraction of sp³-hybridized carbons (Fsp3) is 0.533. The van der Waals surface area contributed by atoms with E-state index in [0.29, 0.717) is 18.2 Å². The average Bonchev–Trinajstić information content (AvgIpc) is 3.28. The van der Waals surface area contributed by atoms with Crippen molar-refractivity contribution in [1.29, 1.82) is 0 Å². The summed E-state index contributed by atoms with van der Waals surface area (Å²) >= 11 is 0. The number of carbonyl (C=O) groups is 1. The molecule has 0 bridgehead atoms. The fourth-order valence-corrected chi connectivity index (χ4v) is 2.59. The van der Waals surface area contributed by atoms with E-state index in [1.807, 2.05) is 6.07 Å². The van der Waals surface area contributed by atoms with Gasteiger partial charge in [-0.05, 0) is 37.8 Å². The lowest BCUT2D eigenvalue weighted by Crippen LogP contribution is -2.36. The van der Waals surface area contributed by atoms with Crippen LogP contribution in [0.25, 0.3) is 0 Å². The van der Waals surface area contributed by atoms with Crippen LogP contribution in [0, 0.1) is 5.92 Å². The molecule has 0 unspecified atom stereocenters. The molecule has 0 aromatic heterocycles. The lowest BCUT2D eigenvalue weighted by molar-refractivity contribution is 0.0706. The van der Waals surface area contributed by atoms with Gasteiger partial charge in [0.15, 0.2) is 0 Å². The van der Waals surface area contributed by atoms with E-state index in [9.17, 15) is 4.79 Å². The molecule has 1 fully saturated rings. The molecule has 1 saturated carbocycles. The quantitative estimate of drug-likeness (QED) is 0.653. The summed E-state index contributed by atoms with van der Waals surface area (Å²) in [6.07, 6.45) is 2.68. The highest BCUT2D eigenvalue weighted by Gasteiger charge is 2.29. The predicted molar refractivity (Wildman–Crippen MR) is 73.8 cm³/mol. The van der Waals surface area contributed by atoms with E-state index in [4.69, 9.17) is 9.94 Å². The van der Waals surface area contributed by atoms with E-state index in [1.54, 1.807) is 17.6 Å². The molecule has 1 atom stereocenters. The SMILES string of the molecule is C[C@H]1COc2cc(C(=O)NO)ccc2CN1CC1CC1. The number of ether oxygens (including phenoxy) is 1. The van der Waals surface area contributed by atoms with Crippen molar-refractivity contribution < 1.29 is 14.7 Å². The smallest absolute Gasteiger partial charge is 0.274 e. The van der Waals surface area contributed by atoms with Crippen LogP contribution in [0.3, 0.4) is 0 Å². The number of hydroxylamine groups is 1. The molecule has 1 heterocycles. The zero-order valence-corrected chi connectivity index (χ0v) is 11.6. The van der Waals surface area contributed by atoms with Crippen LogP contribution in [-0.2, 0) is 6.54 Å². The van der Waals surface area contributed by atoms with Gasteiger partial charge in [-0.15, -0.1) is 0 Å². The Labute approximate surface area is 118 Å². The summed E-state index contributed by atoms with van der Waals surface area (Å²) in [5, 5.41) is 8.69. The second kappa shape index (κ2) is 5.42. The number of benzene rings is 1. The van der Waals surface area contributed by atoms with Gasteiger partial charge >= 0.3 is 0 Å². The highest BCUT2D eigenvalue weighted by Crippen LogP contribution is 2.33. The van der Waals surface area contributed by atoms with Gasteiger partial charge in [-0.1, -0.05) is 6.07 Å². The summed E-state index contributed by atoms with van der Waals surface area (Å²) in [6.45, 7) is 4.79. The van der Waals surface area contributed by atoms with Gasteiger partial charge in [0.1, 0.15) is 12.4 Å². The van der Waals surface area contributed by atoms with Gasteiger partial charge in [-0.2, -0.15) is 0 Å². The maximum Gasteiger partial charge on any atom is 0.274 e. The lowest BCUT2D eigenvalue weighted by Gasteiger charge is -2.25. The van der Waals surface area contributed by atoms with E-state index in [0.717, 1.165) is 30.3 Å². The molecular weight excluding hydrogens is 256 g/mol. The summed E-state index contributed by atoms with van der Waals surface area (Å²) in [6, 6.07) is 5.71. The Morgan fingerprint density at radius 2 is 2.30 bits per heavy atom. The molecule has 108 valence electrons. The van der Waals surface area contributed by atoms with E-state index in [1.165, 1.54) is 12.8 Å². The Kier molecular flexibility index (Phi) is 3.63. The molecule has 1 aliphatic carbocycles. The van der Waals surface area contributed by atoms with Crippen molar-refractivity contribution in [3.8, 4) is 5.75 Å². The highest BCUT2D eigenvalue weighted by atomic mass is 16.5. The molecule has 1 aliphatic heterocycles. The van der Waals surface area contributed by atoms with Gasteiger partial charge in [0.2, 0.25) is 0 Å². The number of nitrogens with zero attached hydrogens (tertiary/aromatic N) is 1. The van der Waals surface area contributed by atoms with E-state index in [-0.39, 0.29) is 0 Å². The first-order chi connectivity index (χ1) is 9.67. The van der Waals surface area contributed by atoms with Gasteiger partial charge in [0.25, 0.3) is 5.91 Å². The Morgan fingerprint density at radius 1 is 1.50 bits per heavy atom. The molecule has 0 saturated heterocycles. The Balaban J connectivity index is 1.81. The second-order valence-electron chi connectivity index (χ2n) is 5.80. The van der Waals surface area contributed by atoms with Crippen molar-refractivity contribution in [3.63, 3.8) is 0 Å². The number of amides is 1. The second-order valence-corrected chi connectivity index (χ2v) is 5.80.